The molecule has 0 unspecified atom stereocenters. The minimum Gasteiger partial charge on any atom is -0.477 e. The highest BCUT2D eigenvalue weighted by Gasteiger charge is 2.62. The van der Waals surface area contributed by atoms with Crippen molar-refractivity contribution in [2.45, 2.75) is 69.2 Å². The van der Waals surface area contributed by atoms with Gasteiger partial charge >= 0.3 is 13.3 Å². The molecule has 1 aromatic carbocycles. The highest BCUT2D eigenvalue weighted by molar-refractivity contribution is 7.90. The summed E-state index contributed by atoms with van der Waals surface area (Å²) < 4.78 is 86.4. The first kappa shape index (κ1) is 30.0. The van der Waals surface area contributed by atoms with E-state index in [1.54, 1.807) is 6.07 Å². The van der Waals surface area contributed by atoms with Gasteiger partial charge in [-0.05, 0) is 71.2 Å². The van der Waals surface area contributed by atoms with Gasteiger partial charge in [0.2, 0.25) is 5.88 Å². The number of halogens is 3. The Hall–Kier alpha value is -3.43. The topological polar surface area (TPSA) is 122 Å². The van der Waals surface area contributed by atoms with E-state index in [1.807, 2.05) is 27.7 Å². The van der Waals surface area contributed by atoms with E-state index >= 15 is 0 Å². The number of nitrogens with one attached hydrogen (secondary N) is 1. The second-order valence-corrected chi connectivity index (χ2v) is 13.1. The van der Waals surface area contributed by atoms with Crippen LogP contribution in [0.4, 0.5) is 13.2 Å². The molecule has 1 aliphatic carbocycles. The van der Waals surface area contributed by atoms with Crippen molar-refractivity contribution in [2.75, 3.05) is 6.61 Å². The zero-order valence-electron chi connectivity index (χ0n) is 23.4. The van der Waals surface area contributed by atoms with Crippen molar-refractivity contribution < 1.29 is 40.4 Å². The predicted molar refractivity (Wildman–Crippen MR) is 146 cm³/mol. The molecule has 1 aliphatic heterocycles. The maximum atomic E-state index is 13.3. The third-order valence-corrected chi connectivity index (χ3v) is 9.34. The van der Waals surface area contributed by atoms with Crippen LogP contribution in [0.3, 0.4) is 0 Å². The summed E-state index contributed by atoms with van der Waals surface area (Å²) in [5.74, 6) is -0.625. The van der Waals surface area contributed by atoms with Crippen LogP contribution in [0.25, 0.3) is 5.82 Å². The molecular formula is C27H30BF3N4O6S. The number of carbonyl (C=O) groups excluding carboxylic acids is 1. The van der Waals surface area contributed by atoms with Gasteiger partial charge in [0.25, 0.3) is 15.9 Å². The minimum atomic E-state index is -4.27. The van der Waals surface area contributed by atoms with Crippen molar-refractivity contribution in [2.24, 2.45) is 5.41 Å². The standard InChI is InChI=1S/C27H30BF3N4O6S/c1-24(2)25(3,4)41-28(40-24)22-19(23(36)34-42(37,38)18-8-6-5-7-9-18)10-11-20(32-22)35-16-12-21(33-35)39-17-15-26(13-14-26)27(29,30)31/h5-12,16H,13-15,17H2,1-4H3,(H,34,36). The van der Waals surface area contributed by atoms with Crippen LogP contribution in [0.15, 0.2) is 59.6 Å². The van der Waals surface area contributed by atoms with E-state index in [1.165, 1.54) is 53.3 Å². The lowest BCUT2D eigenvalue weighted by molar-refractivity contribution is -0.190. The first-order chi connectivity index (χ1) is 19.5. The molecule has 3 heterocycles. The van der Waals surface area contributed by atoms with E-state index in [9.17, 15) is 26.4 Å². The molecule has 2 aromatic heterocycles. The van der Waals surface area contributed by atoms with Gasteiger partial charge in [-0.2, -0.15) is 13.2 Å². The molecule has 5 rings (SSSR count). The van der Waals surface area contributed by atoms with Gasteiger partial charge in [-0.1, -0.05) is 18.2 Å². The Bertz CT molecular complexity index is 1570. The zero-order chi connectivity index (χ0) is 30.6. The molecule has 42 heavy (non-hydrogen) atoms. The van der Waals surface area contributed by atoms with Crippen molar-refractivity contribution in [3.63, 3.8) is 0 Å². The van der Waals surface area contributed by atoms with Crippen LogP contribution in [0.2, 0.25) is 0 Å². The highest BCUT2D eigenvalue weighted by Crippen LogP contribution is 2.59. The first-order valence-electron chi connectivity index (χ1n) is 13.3. The predicted octanol–water partition coefficient (Wildman–Crippen LogP) is 3.80. The molecule has 224 valence electrons. The molecule has 1 N–H and O–H groups in total. The van der Waals surface area contributed by atoms with Gasteiger partial charge in [0.1, 0.15) is 0 Å². The maximum Gasteiger partial charge on any atom is 0.515 e. The molecule has 10 nitrogen and oxygen atoms in total. The molecule has 1 saturated heterocycles. The van der Waals surface area contributed by atoms with Gasteiger partial charge in [0.15, 0.2) is 5.82 Å². The largest absolute Gasteiger partial charge is 0.515 e. The molecule has 2 fully saturated rings. The van der Waals surface area contributed by atoms with Crippen molar-refractivity contribution in [3.05, 3.63) is 60.3 Å². The first-order valence-corrected chi connectivity index (χ1v) is 14.8. The molecule has 0 spiro atoms. The van der Waals surface area contributed by atoms with Crippen molar-refractivity contribution in [1.29, 1.82) is 0 Å². The number of pyridine rings is 1. The van der Waals surface area contributed by atoms with Crippen LogP contribution >= 0.6 is 0 Å². The van der Waals surface area contributed by atoms with Crippen molar-refractivity contribution in [1.82, 2.24) is 19.5 Å². The van der Waals surface area contributed by atoms with Crippen LogP contribution in [0.5, 0.6) is 5.88 Å². The number of benzene rings is 1. The smallest absolute Gasteiger partial charge is 0.477 e. The van der Waals surface area contributed by atoms with Crippen LogP contribution in [-0.4, -0.2) is 60.2 Å². The number of carbonyl (C=O) groups is 1. The van der Waals surface area contributed by atoms with Gasteiger partial charge in [0.05, 0.1) is 39.3 Å². The normalized spacial score (nSPS) is 19.0. The zero-order valence-corrected chi connectivity index (χ0v) is 24.3. The van der Waals surface area contributed by atoms with Crippen LogP contribution in [-0.2, 0) is 19.3 Å². The Morgan fingerprint density at radius 2 is 1.69 bits per heavy atom. The SMILES string of the molecule is CC1(C)OB(c2nc(-n3ccc(OCCC4(C(F)(F)F)CC4)n3)ccc2C(=O)NS(=O)(=O)c2ccccc2)OC1(C)C. The quantitative estimate of drug-likeness (QED) is 0.366. The van der Waals surface area contributed by atoms with E-state index in [4.69, 9.17) is 14.0 Å². The van der Waals surface area contributed by atoms with E-state index in [0.29, 0.717) is 0 Å². The molecule has 1 saturated carbocycles. The summed E-state index contributed by atoms with van der Waals surface area (Å²) in [6.07, 6.45) is -2.75. The minimum absolute atomic E-state index is 0.0192. The number of hydrogen-bond donors (Lipinski definition) is 1. The summed E-state index contributed by atoms with van der Waals surface area (Å²) in [5.41, 5.74) is -3.34. The number of ether oxygens (including phenoxy) is 1. The summed E-state index contributed by atoms with van der Waals surface area (Å²) in [5, 5.41) is 4.25. The van der Waals surface area contributed by atoms with Crippen LogP contribution in [0, 0.1) is 5.41 Å². The second kappa shape index (κ2) is 10.4. The van der Waals surface area contributed by atoms with Crippen molar-refractivity contribution >= 4 is 28.6 Å². The summed E-state index contributed by atoms with van der Waals surface area (Å²) in [7, 11) is -5.32. The summed E-state index contributed by atoms with van der Waals surface area (Å²) in [6, 6.07) is 11.7. The molecule has 2 aliphatic rings. The van der Waals surface area contributed by atoms with E-state index in [0.717, 1.165) is 0 Å². The Kier molecular flexibility index (Phi) is 7.43. The van der Waals surface area contributed by atoms with E-state index < -0.39 is 45.8 Å². The number of alkyl halides is 3. The Labute approximate surface area is 241 Å². The van der Waals surface area contributed by atoms with Gasteiger partial charge in [-0.15, -0.1) is 5.10 Å². The number of hydrogen-bond acceptors (Lipinski definition) is 8. The molecule has 0 radical (unpaired) electrons. The van der Waals surface area contributed by atoms with Crippen molar-refractivity contribution in [3.8, 4) is 11.7 Å². The van der Waals surface area contributed by atoms with Gasteiger partial charge in [0, 0.05) is 12.3 Å². The summed E-state index contributed by atoms with van der Waals surface area (Å²) in [4.78, 5) is 17.8. The summed E-state index contributed by atoms with van der Waals surface area (Å²) >= 11 is 0. The average Bonchev–Trinajstić information content (AvgIpc) is 3.51. The highest BCUT2D eigenvalue weighted by atomic mass is 32.2. The average molecular weight is 606 g/mol. The molecular weight excluding hydrogens is 576 g/mol. The Morgan fingerprint density at radius 1 is 1.05 bits per heavy atom. The number of aromatic nitrogens is 3. The lowest BCUT2D eigenvalue weighted by Gasteiger charge is -2.32. The summed E-state index contributed by atoms with van der Waals surface area (Å²) in [6.45, 7) is 7.12. The molecule has 1 amide bonds. The number of rotatable bonds is 9. The fourth-order valence-corrected chi connectivity index (χ4v) is 5.43. The fourth-order valence-electron chi connectivity index (χ4n) is 4.44. The Morgan fingerprint density at radius 3 is 2.29 bits per heavy atom. The molecule has 15 heteroatoms. The van der Waals surface area contributed by atoms with E-state index in [-0.39, 0.29) is 53.6 Å². The third-order valence-electron chi connectivity index (χ3n) is 8.00. The fraction of sp³-hybridized carbons (Fsp3) is 0.444. The third kappa shape index (κ3) is 5.77. The number of amides is 1. The van der Waals surface area contributed by atoms with E-state index in [2.05, 4.69) is 14.8 Å². The van der Waals surface area contributed by atoms with Crippen LogP contribution < -0.4 is 15.1 Å². The monoisotopic (exact) mass is 606 g/mol. The lowest BCUT2D eigenvalue weighted by atomic mass is 9.80. The molecule has 0 atom stereocenters. The van der Waals surface area contributed by atoms with Gasteiger partial charge in [-0.25, -0.2) is 22.8 Å². The molecule has 0 bridgehead atoms. The van der Waals surface area contributed by atoms with Gasteiger partial charge in [-0.3, -0.25) is 4.79 Å². The lowest BCUT2D eigenvalue weighted by Crippen LogP contribution is -2.44. The second-order valence-electron chi connectivity index (χ2n) is 11.4. The number of nitrogens with zero attached hydrogens (tertiary/aromatic N) is 3. The number of sulfonamides is 1. The van der Waals surface area contributed by atoms with Crippen LogP contribution in [0.1, 0.15) is 57.3 Å². The maximum absolute atomic E-state index is 13.3. The Balaban J connectivity index is 1.41. The van der Waals surface area contributed by atoms with Gasteiger partial charge < -0.3 is 14.0 Å². The molecule has 3 aromatic rings.